The number of hydrogen-bond acceptors (Lipinski definition) is 2. The third-order valence-electron chi connectivity index (χ3n) is 3.49. The van der Waals surface area contributed by atoms with Crippen molar-refractivity contribution in [1.82, 2.24) is 5.32 Å². The van der Waals surface area contributed by atoms with E-state index < -0.39 is 0 Å². The normalized spacial score (nSPS) is 10.5. The molecule has 0 radical (unpaired) electrons. The predicted molar refractivity (Wildman–Crippen MR) is 84.2 cm³/mol. The summed E-state index contributed by atoms with van der Waals surface area (Å²) in [6.07, 6.45) is 2.10. The fourth-order valence-corrected chi connectivity index (χ4v) is 2.18. The zero-order valence-corrected chi connectivity index (χ0v) is 12.4. The molecular formula is C18H23NO. The summed E-state index contributed by atoms with van der Waals surface area (Å²) in [5.74, 6) is 0.936. The molecule has 0 bridgehead atoms. The predicted octanol–water partition coefficient (Wildman–Crippen LogP) is 3.59. The van der Waals surface area contributed by atoms with Crippen molar-refractivity contribution in [3.8, 4) is 5.75 Å². The minimum absolute atomic E-state index is 0.630. The van der Waals surface area contributed by atoms with E-state index in [2.05, 4.69) is 60.8 Å². The van der Waals surface area contributed by atoms with Gasteiger partial charge in [0, 0.05) is 0 Å². The average Bonchev–Trinajstić information content (AvgIpc) is 2.52. The standard InChI is InChI=1S/C18H23NO/c1-3-15-8-10-18(11-9-15)20-14-17-7-5-4-6-16(17)12-13-19-2/h4-11,19H,3,12-14H2,1-2H3. The van der Waals surface area contributed by atoms with Gasteiger partial charge in [-0.15, -0.1) is 0 Å². The Morgan fingerprint density at radius 3 is 2.30 bits per heavy atom. The summed E-state index contributed by atoms with van der Waals surface area (Å²) in [5.41, 5.74) is 3.96. The number of rotatable bonds is 7. The minimum atomic E-state index is 0.630. The minimum Gasteiger partial charge on any atom is -0.489 e. The molecule has 0 amide bonds. The number of aryl methyl sites for hydroxylation is 1. The van der Waals surface area contributed by atoms with Crippen LogP contribution in [0.5, 0.6) is 5.75 Å². The lowest BCUT2D eigenvalue weighted by molar-refractivity contribution is 0.305. The highest BCUT2D eigenvalue weighted by molar-refractivity contribution is 5.30. The third kappa shape index (κ3) is 4.10. The Labute approximate surface area is 121 Å². The lowest BCUT2D eigenvalue weighted by Gasteiger charge is -2.11. The van der Waals surface area contributed by atoms with E-state index in [1.54, 1.807) is 0 Å². The molecule has 20 heavy (non-hydrogen) atoms. The molecule has 2 heteroatoms. The number of ether oxygens (including phenoxy) is 1. The topological polar surface area (TPSA) is 21.3 Å². The van der Waals surface area contributed by atoms with Gasteiger partial charge in [-0.1, -0.05) is 43.3 Å². The van der Waals surface area contributed by atoms with Crippen LogP contribution < -0.4 is 10.1 Å². The summed E-state index contributed by atoms with van der Waals surface area (Å²) in [6.45, 7) is 3.78. The van der Waals surface area contributed by atoms with Crippen LogP contribution in [0.3, 0.4) is 0 Å². The monoisotopic (exact) mass is 269 g/mol. The van der Waals surface area contributed by atoms with Crippen molar-refractivity contribution >= 4 is 0 Å². The molecule has 0 spiro atoms. The van der Waals surface area contributed by atoms with Crippen molar-refractivity contribution in [2.45, 2.75) is 26.4 Å². The summed E-state index contributed by atoms with van der Waals surface area (Å²) in [5, 5.41) is 3.19. The van der Waals surface area contributed by atoms with Crippen LogP contribution in [0.1, 0.15) is 23.6 Å². The van der Waals surface area contributed by atoms with Crippen LogP contribution >= 0.6 is 0 Å². The molecule has 0 fully saturated rings. The number of nitrogens with one attached hydrogen (secondary N) is 1. The van der Waals surface area contributed by atoms with Gasteiger partial charge in [0.05, 0.1) is 0 Å². The molecule has 0 aliphatic rings. The molecule has 0 saturated carbocycles. The van der Waals surface area contributed by atoms with Crippen molar-refractivity contribution in [2.24, 2.45) is 0 Å². The third-order valence-corrected chi connectivity index (χ3v) is 3.49. The highest BCUT2D eigenvalue weighted by Crippen LogP contribution is 2.16. The maximum atomic E-state index is 5.89. The van der Waals surface area contributed by atoms with E-state index in [1.165, 1.54) is 16.7 Å². The fraction of sp³-hybridized carbons (Fsp3) is 0.333. The Hall–Kier alpha value is -1.80. The molecule has 1 N–H and O–H groups in total. The van der Waals surface area contributed by atoms with Crippen molar-refractivity contribution in [1.29, 1.82) is 0 Å². The van der Waals surface area contributed by atoms with E-state index in [4.69, 9.17) is 4.74 Å². The van der Waals surface area contributed by atoms with Crippen LogP contribution in [0.4, 0.5) is 0 Å². The first-order valence-electron chi connectivity index (χ1n) is 7.26. The molecule has 0 heterocycles. The largest absolute Gasteiger partial charge is 0.489 e. The second-order valence-corrected chi connectivity index (χ2v) is 4.91. The van der Waals surface area contributed by atoms with Crippen molar-refractivity contribution in [2.75, 3.05) is 13.6 Å². The van der Waals surface area contributed by atoms with E-state index in [1.807, 2.05) is 7.05 Å². The van der Waals surface area contributed by atoms with Gasteiger partial charge in [-0.25, -0.2) is 0 Å². The molecule has 0 saturated heterocycles. The molecule has 2 nitrogen and oxygen atoms in total. The maximum absolute atomic E-state index is 5.89. The summed E-state index contributed by atoms with van der Waals surface area (Å²) < 4.78 is 5.89. The lowest BCUT2D eigenvalue weighted by Crippen LogP contribution is -2.12. The molecule has 2 aromatic rings. The van der Waals surface area contributed by atoms with Crippen molar-refractivity contribution in [3.05, 3.63) is 65.2 Å². The Morgan fingerprint density at radius 1 is 0.950 bits per heavy atom. The van der Waals surface area contributed by atoms with Crippen molar-refractivity contribution in [3.63, 3.8) is 0 Å². The van der Waals surface area contributed by atoms with E-state index in [0.717, 1.165) is 25.1 Å². The second kappa shape index (κ2) is 7.71. The molecule has 0 unspecified atom stereocenters. The average molecular weight is 269 g/mol. The SMILES string of the molecule is CCc1ccc(OCc2ccccc2CCNC)cc1. The molecule has 2 rings (SSSR count). The Morgan fingerprint density at radius 2 is 1.65 bits per heavy atom. The Bertz CT molecular complexity index is 519. The summed E-state index contributed by atoms with van der Waals surface area (Å²) in [4.78, 5) is 0. The number of likely N-dealkylation sites (N-methyl/N-ethyl adjacent to an activating group) is 1. The second-order valence-electron chi connectivity index (χ2n) is 4.91. The van der Waals surface area contributed by atoms with Gasteiger partial charge in [0.1, 0.15) is 12.4 Å². The van der Waals surface area contributed by atoms with Crippen LogP contribution in [0.25, 0.3) is 0 Å². The van der Waals surface area contributed by atoms with Gasteiger partial charge in [-0.3, -0.25) is 0 Å². The Kier molecular flexibility index (Phi) is 5.63. The zero-order chi connectivity index (χ0) is 14.2. The van der Waals surface area contributed by atoms with E-state index in [9.17, 15) is 0 Å². The molecule has 106 valence electrons. The highest BCUT2D eigenvalue weighted by Gasteiger charge is 2.02. The van der Waals surface area contributed by atoms with Crippen molar-refractivity contribution < 1.29 is 4.74 Å². The van der Waals surface area contributed by atoms with Gasteiger partial charge < -0.3 is 10.1 Å². The van der Waals surface area contributed by atoms with Gasteiger partial charge in [-0.2, -0.15) is 0 Å². The first kappa shape index (κ1) is 14.6. The number of hydrogen-bond donors (Lipinski definition) is 1. The summed E-state index contributed by atoms with van der Waals surface area (Å²) >= 11 is 0. The summed E-state index contributed by atoms with van der Waals surface area (Å²) in [6, 6.07) is 16.8. The van der Waals surface area contributed by atoms with Crippen LogP contribution in [-0.4, -0.2) is 13.6 Å². The first-order chi connectivity index (χ1) is 9.83. The Balaban J connectivity index is 1.98. The molecule has 0 aromatic heterocycles. The molecule has 0 atom stereocenters. The van der Waals surface area contributed by atoms with Gasteiger partial charge in [0.25, 0.3) is 0 Å². The van der Waals surface area contributed by atoms with Crippen LogP contribution in [0.15, 0.2) is 48.5 Å². The highest BCUT2D eigenvalue weighted by atomic mass is 16.5. The molecule has 2 aromatic carbocycles. The first-order valence-corrected chi connectivity index (χ1v) is 7.26. The molecule has 0 aliphatic carbocycles. The number of benzene rings is 2. The fourth-order valence-electron chi connectivity index (χ4n) is 2.18. The maximum Gasteiger partial charge on any atom is 0.119 e. The smallest absolute Gasteiger partial charge is 0.119 e. The van der Waals surface area contributed by atoms with Gasteiger partial charge in [-0.05, 0) is 55.3 Å². The van der Waals surface area contributed by atoms with Crippen LogP contribution in [0.2, 0.25) is 0 Å². The zero-order valence-electron chi connectivity index (χ0n) is 12.4. The van der Waals surface area contributed by atoms with Crippen LogP contribution in [-0.2, 0) is 19.4 Å². The lowest BCUT2D eigenvalue weighted by atomic mass is 10.1. The van der Waals surface area contributed by atoms with E-state index in [-0.39, 0.29) is 0 Å². The van der Waals surface area contributed by atoms with Crippen LogP contribution in [0, 0.1) is 0 Å². The molecule has 0 aliphatic heterocycles. The quantitative estimate of drug-likeness (QED) is 0.829. The van der Waals surface area contributed by atoms with Gasteiger partial charge in [0.15, 0.2) is 0 Å². The van der Waals surface area contributed by atoms with E-state index in [0.29, 0.717) is 6.61 Å². The summed E-state index contributed by atoms with van der Waals surface area (Å²) in [7, 11) is 1.98. The van der Waals surface area contributed by atoms with Gasteiger partial charge >= 0.3 is 0 Å². The molecular weight excluding hydrogens is 246 g/mol. The van der Waals surface area contributed by atoms with Gasteiger partial charge in [0.2, 0.25) is 0 Å². The van der Waals surface area contributed by atoms with E-state index >= 15 is 0 Å².